The van der Waals surface area contributed by atoms with Crippen molar-refractivity contribution in [3.8, 4) is 23.8 Å². The van der Waals surface area contributed by atoms with Gasteiger partial charge in [0.15, 0.2) is 16.6 Å². The Labute approximate surface area is 335 Å². The smallest absolute Gasteiger partial charge is 0.191 e. The van der Waals surface area contributed by atoms with Gasteiger partial charge in [-0.15, -0.1) is 12.3 Å². The molecule has 0 bridgehead atoms. The summed E-state index contributed by atoms with van der Waals surface area (Å²) in [6, 6.07) is 15.5. The number of aldehydes is 1. The van der Waals surface area contributed by atoms with Gasteiger partial charge in [0.1, 0.15) is 23.6 Å². The molecule has 0 unspecified atom stereocenters. The number of hydrogen-bond donors (Lipinski definition) is 1. The molecule has 0 spiro atoms. The van der Waals surface area contributed by atoms with Crippen molar-refractivity contribution in [1.29, 1.82) is 0 Å². The van der Waals surface area contributed by atoms with E-state index in [-0.39, 0.29) is 34.5 Å². The lowest BCUT2D eigenvalue weighted by atomic mass is 9.90. The zero-order valence-electron chi connectivity index (χ0n) is 36.2. The summed E-state index contributed by atoms with van der Waals surface area (Å²) in [5.74, 6) is 3.44. The number of aliphatic hydroxyl groups excluding tert-OH is 1. The van der Waals surface area contributed by atoms with E-state index >= 15 is 0 Å². The highest BCUT2D eigenvalue weighted by Gasteiger charge is 2.38. The lowest BCUT2D eigenvalue weighted by molar-refractivity contribution is -0.125. The van der Waals surface area contributed by atoms with E-state index in [1.165, 1.54) is 6.92 Å². The van der Waals surface area contributed by atoms with Gasteiger partial charge < -0.3 is 37.7 Å². The number of hydrogen-bond acceptors (Lipinski definition) is 9. The second kappa shape index (κ2) is 24.1. The summed E-state index contributed by atoms with van der Waals surface area (Å²) in [5, 5.41) is 11.0. The van der Waals surface area contributed by atoms with Crippen LogP contribution in [0, 0.1) is 18.3 Å². The fraction of sp³-hybridized carbons (Fsp3) is 0.636. The second-order valence-electron chi connectivity index (χ2n) is 17.2. The standard InChI is InChI=1S/C25H40O5Si.C19H32O4Si/c1-9-10-23(19(2)26)24(27)17-22(15-16-30-31(7,8)25(3,4)5)29-18-20-11-13-21(28-6)14-12-20;1-19(2,3)24(5,6)23-14-12-18(11-13-20)22-15-16-7-9-17(21-4)10-8-16/h1,11-14,22-24,27H,10,15-18H2,2-8H3;7-10,13,18H,11-12,14-15H2,1-6H3/t22-,23+,24+;18-/m10/s1. The van der Waals surface area contributed by atoms with Gasteiger partial charge in [-0.1, -0.05) is 65.8 Å². The molecule has 0 aliphatic carbocycles. The van der Waals surface area contributed by atoms with Crippen molar-refractivity contribution in [2.75, 3.05) is 27.4 Å². The summed E-state index contributed by atoms with van der Waals surface area (Å²) < 4.78 is 34.9. The Bertz CT molecular complexity index is 1420. The molecular weight excluding hydrogens is 729 g/mol. The number of Topliss-reactive ketones (excluding diaryl/α,β-unsaturated/α-hetero) is 1. The highest BCUT2D eigenvalue weighted by Crippen LogP contribution is 2.37. The number of carbonyl (C=O) groups excluding carboxylic acids is 2. The molecule has 0 heterocycles. The Hall–Kier alpha value is -2.83. The highest BCUT2D eigenvalue weighted by molar-refractivity contribution is 6.74. The quantitative estimate of drug-likeness (QED) is 0.0668. The van der Waals surface area contributed by atoms with Crippen molar-refractivity contribution < 1.29 is 42.5 Å². The highest BCUT2D eigenvalue weighted by atomic mass is 28.4. The minimum absolute atomic E-state index is 0.100. The van der Waals surface area contributed by atoms with Crippen LogP contribution in [0.3, 0.4) is 0 Å². The third-order valence-corrected chi connectivity index (χ3v) is 20.0. The maximum Gasteiger partial charge on any atom is 0.191 e. The lowest BCUT2D eigenvalue weighted by Gasteiger charge is -2.36. The first kappa shape index (κ1) is 50.2. The molecule has 0 saturated carbocycles. The van der Waals surface area contributed by atoms with Crippen molar-refractivity contribution in [3.05, 3.63) is 59.7 Å². The van der Waals surface area contributed by atoms with Crippen LogP contribution >= 0.6 is 0 Å². The van der Waals surface area contributed by atoms with E-state index in [9.17, 15) is 14.7 Å². The first-order chi connectivity index (χ1) is 25.6. The van der Waals surface area contributed by atoms with E-state index in [0.29, 0.717) is 45.7 Å². The average molecular weight is 801 g/mol. The van der Waals surface area contributed by atoms with Crippen LogP contribution in [0.2, 0.25) is 36.3 Å². The maximum atomic E-state index is 11.9. The fourth-order valence-corrected chi connectivity index (χ4v) is 7.08. The van der Waals surface area contributed by atoms with Gasteiger partial charge in [0.2, 0.25) is 0 Å². The first-order valence-corrected chi connectivity index (χ1v) is 25.2. The van der Waals surface area contributed by atoms with Gasteiger partial charge in [-0.2, -0.15) is 0 Å². The summed E-state index contributed by atoms with van der Waals surface area (Å²) in [4.78, 5) is 22.8. The van der Waals surface area contributed by atoms with E-state index in [1.807, 2.05) is 48.5 Å². The van der Waals surface area contributed by atoms with E-state index in [2.05, 4.69) is 73.7 Å². The molecule has 0 amide bonds. The maximum absolute atomic E-state index is 11.9. The summed E-state index contributed by atoms with van der Waals surface area (Å²) in [5.41, 5.74) is 2.08. The average Bonchev–Trinajstić information content (AvgIpc) is 3.11. The molecule has 55 heavy (non-hydrogen) atoms. The van der Waals surface area contributed by atoms with Crippen LogP contribution in [-0.4, -0.2) is 79.6 Å². The monoisotopic (exact) mass is 800 g/mol. The normalized spacial score (nSPS) is 14.4. The predicted molar refractivity (Wildman–Crippen MR) is 228 cm³/mol. The molecule has 4 atom stereocenters. The third kappa shape index (κ3) is 18.8. The molecule has 0 aliphatic rings. The van der Waals surface area contributed by atoms with Gasteiger partial charge in [0.05, 0.1) is 51.7 Å². The Morgan fingerprint density at radius 1 is 0.764 bits per heavy atom. The Balaban J connectivity index is 0.000000568. The molecule has 310 valence electrons. The number of methoxy groups -OCH3 is 2. The van der Waals surface area contributed by atoms with Gasteiger partial charge in [0, 0.05) is 32.5 Å². The second-order valence-corrected chi connectivity index (χ2v) is 26.8. The van der Waals surface area contributed by atoms with Crippen LogP contribution in [0.15, 0.2) is 48.5 Å². The van der Waals surface area contributed by atoms with E-state index in [4.69, 9.17) is 34.2 Å². The van der Waals surface area contributed by atoms with E-state index in [1.54, 1.807) is 14.2 Å². The van der Waals surface area contributed by atoms with Gasteiger partial charge in [-0.3, -0.25) is 4.79 Å². The van der Waals surface area contributed by atoms with Crippen LogP contribution < -0.4 is 9.47 Å². The van der Waals surface area contributed by atoms with Crippen LogP contribution in [0.1, 0.15) is 91.7 Å². The molecule has 0 radical (unpaired) electrons. The molecule has 0 fully saturated rings. The summed E-state index contributed by atoms with van der Waals surface area (Å²) in [6.45, 7) is 25.7. The van der Waals surface area contributed by atoms with Crippen molar-refractivity contribution in [1.82, 2.24) is 0 Å². The minimum Gasteiger partial charge on any atom is -0.497 e. The molecule has 9 nitrogen and oxygen atoms in total. The molecule has 0 aliphatic heterocycles. The molecular formula is C44H72O9Si2. The van der Waals surface area contributed by atoms with E-state index < -0.39 is 28.7 Å². The zero-order chi connectivity index (χ0) is 41.9. The van der Waals surface area contributed by atoms with Crippen molar-refractivity contribution in [3.63, 3.8) is 0 Å². The molecule has 2 aromatic rings. The van der Waals surface area contributed by atoms with Crippen LogP contribution in [0.5, 0.6) is 11.5 Å². The first-order valence-electron chi connectivity index (χ1n) is 19.4. The molecule has 0 saturated heterocycles. The topological polar surface area (TPSA) is 110 Å². The number of benzene rings is 2. The van der Waals surface area contributed by atoms with E-state index in [0.717, 1.165) is 35.3 Å². The molecule has 2 aromatic carbocycles. The number of aliphatic hydroxyl groups is 1. The predicted octanol–water partition coefficient (Wildman–Crippen LogP) is 9.55. The lowest BCUT2D eigenvalue weighted by Crippen LogP contribution is -2.41. The van der Waals surface area contributed by atoms with Gasteiger partial charge in [0.25, 0.3) is 0 Å². The SMILES string of the molecule is C#CC[C@@H](C(C)=O)[C@@H](O)C[C@@H](CCO[Si](C)(C)C(C)(C)C)OCc1ccc(OC)cc1.COc1ccc(CO[C@@H](CC=O)CCO[Si](C)(C)C(C)(C)C)cc1. The number of carbonyl (C=O) groups is 2. The van der Waals surface area contributed by atoms with Gasteiger partial charge in [-0.05, 0) is 91.4 Å². The summed E-state index contributed by atoms with van der Waals surface area (Å²) >= 11 is 0. The number of ketones is 1. The van der Waals surface area contributed by atoms with Crippen LogP contribution in [-0.2, 0) is 41.1 Å². The van der Waals surface area contributed by atoms with Crippen LogP contribution in [0.4, 0.5) is 0 Å². The molecule has 11 heteroatoms. The number of ether oxygens (including phenoxy) is 4. The van der Waals surface area contributed by atoms with Crippen molar-refractivity contribution >= 4 is 28.7 Å². The zero-order valence-corrected chi connectivity index (χ0v) is 38.2. The largest absolute Gasteiger partial charge is 0.497 e. The molecule has 1 N–H and O–H groups in total. The minimum atomic E-state index is -1.87. The number of rotatable bonds is 23. The third-order valence-electron chi connectivity index (χ3n) is 10.9. The molecule has 0 aromatic heterocycles. The Kier molecular flexibility index (Phi) is 22.0. The summed E-state index contributed by atoms with van der Waals surface area (Å²) in [7, 11) is -0.345. The summed E-state index contributed by atoms with van der Waals surface area (Å²) in [6.07, 6.45) is 7.46. The number of terminal acetylenes is 1. The van der Waals surface area contributed by atoms with Crippen LogP contribution in [0.25, 0.3) is 0 Å². The molecule has 2 rings (SSSR count). The fourth-order valence-electron chi connectivity index (χ4n) is 4.95. The Morgan fingerprint density at radius 2 is 1.16 bits per heavy atom. The van der Waals surface area contributed by atoms with Crippen molar-refractivity contribution in [2.45, 2.75) is 148 Å². The van der Waals surface area contributed by atoms with Crippen molar-refractivity contribution in [2.24, 2.45) is 5.92 Å². The Morgan fingerprint density at radius 3 is 1.51 bits per heavy atom. The van der Waals surface area contributed by atoms with Gasteiger partial charge in [-0.25, -0.2) is 0 Å². The van der Waals surface area contributed by atoms with Gasteiger partial charge >= 0.3 is 0 Å².